The number of halogens is 3. The average molecular weight is 271 g/mol. The predicted octanol–water partition coefficient (Wildman–Crippen LogP) is 2.13. The van der Waals surface area contributed by atoms with Gasteiger partial charge in [0.25, 0.3) is 0 Å². The van der Waals surface area contributed by atoms with Crippen LogP contribution in [0.1, 0.15) is 17.5 Å². The standard InChI is InChI=1S/C12H12F3N3O/c1-17-11(19)4-5-18-9-2-3-10(12(13,14)15)8(6-9)7-16/h2-3,6,18H,4-5H2,1H3,(H,17,19). The Kier molecular flexibility index (Phi) is 4.75. The maximum absolute atomic E-state index is 12.5. The molecule has 7 heteroatoms. The van der Waals surface area contributed by atoms with Crippen LogP contribution in [0.15, 0.2) is 18.2 Å². The molecule has 2 N–H and O–H groups in total. The molecule has 0 atom stereocenters. The summed E-state index contributed by atoms with van der Waals surface area (Å²) in [7, 11) is 1.49. The Labute approximate surface area is 108 Å². The lowest BCUT2D eigenvalue weighted by atomic mass is 10.1. The summed E-state index contributed by atoms with van der Waals surface area (Å²) in [5, 5.41) is 13.9. The number of nitrogens with one attached hydrogen (secondary N) is 2. The minimum Gasteiger partial charge on any atom is -0.384 e. The Morgan fingerprint density at radius 2 is 2.11 bits per heavy atom. The molecule has 19 heavy (non-hydrogen) atoms. The maximum atomic E-state index is 12.5. The zero-order chi connectivity index (χ0) is 14.5. The van der Waals surface area contributed by atoms with Crippen LogP contribution in [0, 0.1) is 11.3 Å². The Hall–Kier alpha value is -2.23. The number of carbonyl (C=O) groups excluding carboxylic acids is 1. The summed E-state index contributed by atoms with van der Waals surface area (Å²) in [6.45, 7) is 0.274. The second-order valence-electron chi connectivity index (χ2n) is 3.72. The molecule has 0 fully saturated rings. The monoisotopic (exact) mass is 271 g/mol. The number of nitriles is 1. The van der Waals surface area contributed by atoms with Gasteiger partial charge in [0, 0.05) is 25.7 Å². The molecule has 0 aliphatic carbocycles. The van der Waals surface area contributed by atoms with E-state index in [-0.39, 0.29) is 18.9 Å². The summed E-state index contributed by atoms with van der Waals surface area (Å²) in [4.78, 5) is 11.0. The molecular formula is C12H12F3N3O. The molecule has 0 aliphatic heterocycles. The van der Waals surface area contributed by atoms with Gasteiger partial charge in [-0.1, -0.05) is 0 Å². The van der Waals surface area contributed by atoms with Gasteiger partial charge in [0.1, 0.15) is 0 Å². The van der Waals surface area contributed by atoms with Crippen molar-refractivity contribution in [3.8, 4) is 6.07 Å². The molecule has 102 valence electrons. The van der Waals surface area contributed by atoms with E-state index >= 15 is 0 Å². The molecule has 0 spiro atoms. The van der Waals surface area contributed by atoms with Crippen molar-refractivity contribution in [1.82, 2.24) is 5.32 Å². The molecule has 0 radical (unpaired) electrons. The van der Waals surface area contributed by atoms with Crippen molar-refractivity contribution in [3.63, 3.8) is 0 Å². The summed E-state index contributed by atoms with van der Waals surface area (Å²) in [5.41, 5.74) is -1.04. The highest BCUT2D eigenvalue weighted by atomic mass is 19.4. The molecule has 0 aromatic heterocycles. The van der Waals surface area contributed by atoms with E-state index in [1.54, 1.807) is 0 Å². The fourth-order valence-electron chi connectivity index (χ4n) is 1.44. The van der Waals surface area contributed by atoms with Gasteiger partial charge in [-0.25, -0.2) is 0 Å². The maximum Gasteiger partial charge on any atom is 0.417 e. The van der Waals surface area contributed by atoms with Crippen LogP contribution < -0.4 is 10.6 Å². The van der Waals surface area contributed by atoms with Gasteiger partial charge in [-0.3, -0.25) is 4.79 Å². The van der Waals surface area contributed by atoms with Crippen molar-refractivity contribution < 1.29 is 18.0 Å². The minimum atomic E-state index is -4.55. The fourth-order valence-corrected chi connectivity index (χ4v) is 1.44. The minimum absolute atomic E-state index is 0.181. The first-order valence-electron chi connectivity index (χ1n) is 5.44. The third-order valence-corrected chi connectivity index (χ3v) is 2.41. The van der Waals surface area contributed by atoms with Gasteiger partial charge in [-0.05, 0) is 18.2 Å². The van der Waals surface area contributed by atoms with Crippen LogP contribution in [-0.4, -0.2) is 19.5 Å². The summed E-state index contributed by atoms with van der Waals surface area (Å²) in [5.74, 6) is -0.181. The normalized spacial score (nSPS) is 10.7. The van der Waals surface area contributed by atoms with E-state index < -0.39 is 17.3 Å². The van der Waals surface area contributed by atoms with Gasteiger partial charge in [-0.2, -0.15) is 18.4 Å². The molecule has 0 unspecified atom stereocenters. The molecule has 0 saturated heterocycles. The number of benzene rings is 1. The first kappa shape index (κ1) is 14.8. The highest BCUT2D eigenvalue weighted by molar-refractivity contribution is 5.76. The van der Waals surface area contributed by atoms with E-state index in [1.807, 2.05) is 0 Å². The summed E-state index contributed by atoms with van der Waals surface area (Å²) in [6, 6.07) is 4.71. The lowest BCUT2D eigenvalue weighted by Crippen LogP contribution is -2.20. The molecule has 4 nitrogen and oxygen atoms in total. The van der Waals surface area contributed by atoms with Crippen LogP contribution in [0.3, 0.4) is 0 Å². The SMILES string of the molecule is CNC(=O)CCNc1ccc(C(F)(F)F)c(C#N)c1. The molecule has 1 aromatic carbocycles. The highest BCUT2D eigenvalue weighted by Crippen LogP contribution is 2.32. The summed E-state index contributed by atoms with van der Waals surface area (Å²) in [6.07, 6.45) is -4.36. The Morgan fingerprint density at radius 3 is 2.63 bits per heavy atom. The van der Waals surface area contributed by atoms with Crippen LogP contribution in [0.4, 0.5) is 18.9 Å². The number of rotatable bonds is 4. The molecule has 0 bridgehead atoms. The van der Waals surface area contributed by atoms with Crippen LogP contribution in [0.2, 0.25) is 0 Å². The fraction of sp³-hybridized carbons (Fsp3) is 0.333. The van der Waals surface area contributed by atoms with Crippen LogP contribution in [0.25, 0.3) is 0 Å². The van der Waals surface area contributed by atoms with Gasteiger partial charge in [0.15, 0.2) is 0 Å². The van der Waals surface area contributed by atoms with Crippen molar-refractivity contribution >= 4 is 11.6 Å². The highest BCUT2D eigenvalue weighted by Gasteiger charge is 2.33. The summed E-state index contributed by atoms with van der Waals surface area (Å²) >= 11 is 0. The van der Waals surface area contributed by atoms with E-state index in [0.29, 0.717) is 5.69 Å². The second-order valence-corrected chi connectivity index (χ2v) is 3.72. The molecule has 0 aliphatic rings. The van der Waals surface area contributed by atoms with Crippen molar-refractivity contribution in [3.05, 3.63) is 29.3 Å². The molecule has 1 aromatic rings. The van der Waals surface area contributed by atoms with Crippen LogP contribution in [0.5, 0.6) is 0 Å². The van der Waals surface area contributed by atoms with Crippen molar-refractivity contribution in [2.45, 2.75) is 12.6 Å². The van der Waals surface area contributed by atoms with Crippen molar-refractivity contribution in [1.29, 1.82) is 5.26 Å². The van der Waals surface area contributed by atoms with E-state index in [1.165, 1.54) is 19.2 Å². The lowest BCUT2D eigenvalue weighted by Gasteiger charge is -2.11. The number of nitrogens with zero attached hydrogens (tertiary/aromatic N) is 1. The Balaban J connectivity index is 2.79. The largest absolute Gasteiger partial charge is 0.417 e. The van der Waals surface area contributed by atoms with Gasteiger partial charge in [0.2, 0.25) is 5.91 Å². The number of anilines is 1. The molecule has 1 rings (SSSR count). The second kappa shape index (κ2) is 6.09. The topological polar surface area (TPSA) is 64.9 Å². The first-order chi connectivity index (χ1) is 8.88. The Morgan fingerprint density at radius 1 is 1.42 bits per heavy atom. The van der Waals surface area contributed by atoms with Gasteiger partial charge in [-0.15, -0.1) is 0 Å². The van der Waals surface area contributed by atoms with E-state index in [4.69, 9.17) is 5.26 Å². The van der Waals surface area contributed by atoms with Gasteiger partial charge >= 0.3 is 6.18 Å². The summed E-state index contributed by atoms with van der Waals surface area (Å²) < 4.78 is 37.6. The predicted molar refractivity (Wildman–Crippen MR) is 63.3 cm³/mol. The Bertz CT molecular complexity index is 506. The van der Waals surface area contributed by atoms with Crippen molar-refractivity contribution in [2.24, 2.45) is 0 Å². The third-order valence-electron chi connectivity index (χ3n) is 2.41. The number of alkyl halides is 3. The van der Waals surface area contributed by atoms with Gasteiger partial charge < -0.3 is 10.6 Å². The zero-order valence-corrected chi connectivity index (χ0v) is 10.1. The molecule has 0 heterocycles. The average Bonchev–Trinajstić information content (AvgIpc) is 2.37. The van der Waals surface area contributed by atoms with E-state index in [0.717, 1.165) is 12.1 Å². The number of amides is 1. The molecular weight excluding hydrogens is 259 g/mol. The number of carbonyl (C=O) groups is 1. The third kappa shape index (κ3) is 4.17. The number of hydrogen-bond donors (Lipinski definition) is 2. The van der Waals surface area contributed by atoms with Crippen LogP contribution in [-0.2, 0) is 11.0 Å². The lowest BCUT2D eigenvalue weighted by molar-refractivity contribution is -0.137. The number of hydrogen-bond acceptors (Lipinski definition) is 3. The van der Waals surface area contributed by atoms with E-state index in [9.17, 15) is 18.0 Å². The first-order valence-corrected chi connectivity index (χ1v) is 5.44. The molecule has 1 amide bonds. The van der Waals surface area contributed by atoms with E-state index in [2.05, 4.69) is 10.6 Å². The van der Waals surface area contributed by atoms with Gasteiger partial charge in [0.05, 0.1) is 17.2 Å². The van der Waals surface area contributed by atoms with Crippen LogP contribution >= 0.6 is 0 Å². The van der Waals surface area contributed by atoms with Crippen molar-refractivity contribution in [2.75, 3.05) is 18.9 Å². The smallest absolute Gasteiger partial charge is 0.384 e. The molecule has 0 saturated carbocycles. The zero-order valence-electron chi connectivity index (χ0n) is 10.1. The quantitative estimate of drug-likeness (QED) is 0.881.